The van der Waals surface area contributed by atoms with Crippen LogP contribution in [-0.4, -0.2) is 20.8 Å². The lowest BCUT2D eigenvalue weighted by Crippen LogP contribution is -2.24. The highest BCUT2D eigenvalue weighted by Gasteiger charge is 2.23. The van der Waals surface area contributed by atoms with Crippen molar-refractivity contribution < 1.29 is 5.11 Å². The van der Waals surface area contributed by atoms with Crippen molar-refractivity contribution in [1.29, 1.82) is 0 Å². The van der Waals surface area contributed by atoms with E-state index in [9.17, 15) is 5.11 Å². The van der Waals surface area contributed by atoms with E-state index in [2.05, 4.69) is 9.97 Å². The molecule has 0 aliphatic carbocycles. The minimum absolute atomic E-state index is 0.552. The normalized spacial score (nSPS) is 14.3. The van der Waals surface area contributed by atoms with Gasteiger partial charge in [0.15, 0.2) is 5.16 Å². The van der Waals surface area contributed by atoms with Crippen LogP contribution in [0.4, 0.5) is 0 Å². The van der Waals surface area contributed by atoms with Crippen LogP contribution in [0.5, 0.6) is 0 Å². The van der Waals surface area contributed by atoms with Gasteiger partial charge >= 0.3 is 0 Å². The Labute approximate surface area is 122 Å². The molecule has 1 heterocycles. The number of thioether (sulfide) groups is 1. The van der Waals surface area contributed by atoms with E-state index in [4.69, 9.17) is 0 Å². The fraction of sp³-hybridized carbons (Fsp3) is 0.188. The van der Waals surface area contributed by atoms with Crippen LogP contribution in [-0.2, 0) is 5.60 Å². The van der Waals surface area contributed by atoms with Crippen LogP contribution >= 0.6 is 11.8 Å². The number of aromatic nitrogens is 2. The zero-order valence-corrected chi connectivity index (χ0v) is 12.0. The van der Waals surface area contributed by atoms with Crippen molar-refractivity contribution >= 4 is 22.8 Å². The summed E-state index contributed by atoms with van der Waals surface area (Å²) >= 11 is 1.53. The molecule has 2 aromatic carbocycles. The summed E-state index contributed by atoms with van der Waals surface area (Å²) in [6, 6.07) is 17.6. The van der Waals surface area contributed by atoms with Crippen molar-refractivity contribution in [2.45, 2.75) is 17.7 Å². The SMILES string of the molecule is CC(O)(CSc1nc2ccccc2[nH]1)c1ccccc1. The van der Waals surface area contributed by atoms with Crippen LogP contribution < -0.4 is 0 Å². The van der Waals surface area contributed by atoms with E-state index in [1.807, 2.05) is 61.5 Å². The molecular weight excluding hydrogens is 268 g/mol. The van der Waals surface area contributed by atoms with E-state index in [-0.39, 0.29) is 0 Å². The lowest BCUT2D eigenvalue weighted by molar-refractivity contribution is 0.0839. The summed E-state index contributed by atoms with van der Waals surface area (Å²) < 4.78 is 0. The van der Waals surface area contributed by atoms with Crippen molar-refractivity contribution in [3.63, 3.8) is 0 Å². The number of nitrogens with one attached hydrogen (secondary N) is 1. The summed E-state index contributed by atoms with van der Waals surface area (Å²) in [5.41, 5.74) is 2.03. The number of para-hydroxylation sites is 2. The fourth-order valence-electron chi connectivity index (χ4n) is 2.09. The Hall–Kier alpha value is -1.78. The summed E-state index contributed by atoms with van der Waals surface area (Å²) in [5.74, 6) is 0.552. The molecule has 0 amide bonds. The van der Waals surface area contributed by atoms with Gasteiger partial charge in [0.2, 0.25) is 0 Å². The molecule has 1 atom stereocenters. The Bertz CT molecular complexity index is 674. The molecular formula is C16H16N2OS. The molecule has 0 aliphatic heterocycles. The van der Waals surface area contributed by atoms with Gasteiger partial charge in [0.25, 0.3) is 0 Å². The standard InChI is InChI=1S/C16H16N2OS/c1-16(19,12-7-3-2-4-8-12)11-20-15-17-13-9-5-6-10-14(13)18-15/h2-10,19H,11H2,1H3,(H,17,18). The van der Waals surface area contributed by atoms with E-state index >= 15 is 0 Å². The molecule has 0 bridgehead atoms. The van der Waals surface area contributed by atoms with E-state index in [0.717, 1.165) is 21.8 Å². The third-order valence-electron chi connectivity index (χ3n) is 3.25. The molecule has 1 unspecified atom stereocenters. The molecule has 3 rings (SSSR count). The first-order valence-electron chi connectivity index (χ1n) is 6.51. The number of benzene rings is 2. The number of imidazole rings is 1. The van der Waals surface area contributed by atoms with E-state index in [1.165, 1.54) is 11.8 Å². The third-order valence-corrected chi connectivity index (χ3v) is 4.43. The van der Waals surface area contributed by atoms with Crippen molar-refractivity contribution in [2.75, 3.05) is 5.75 Å². The summed E-state index contributed by atoms with van der Waals surface area (Å²) in [6.45, 7) is 1.83. The molecule has 0 fully saturated rings. The van der Waals surface area contributed by atoms with Crippen molar-refractivity contribution in [2.24, 2.45) is 0 Å². The number of aromatic amines is 1. The van der Waals surface area contributed by atoms with Gasteiger partial charge in [0, 0.05) is 5.75 Å². The van der Waals surface area contributed by atoms with Gasteiger partial charge in [-0.15, -0.1) is 0 Å². The highest BCUT2D eigenvalue weighted by atomic mass is 32.2. The number of rotatable bonds is 4. The fourth-order valence-corrected chi connectivity index (χ4v) is 3.02. The Balaban J connectivity index is 1.75. The molecule has 0 saturated heterocycles. The lowest BCUT2D eigenvalue weighted by atomic mass is 9.99. The van der Waals surface area contributed by atoms with Gasteiger partial charge < -0.3 is 10.1 Å². The van der Waals surface area contributed by atoms with Crippen molar-refractivity contribution in [1.82, 2.24) is 9.97 Å². The Morgan fingerprint density at radius 1 is 1.10 bits per heavy atom. The molecule has 0 aliphatic rings. The molecule has 20 heavy (non-hydrogen) atoms. The van der Waals surface area contributed by atoms with Crippen LogP contribution in [0.3, 0.4) is 0 Å². The highest BCUT2D eigenvalue weighted by Crippen LogP contribution is 2.28. The van der Waals surface area contributed by atoms with Gasteiger partial charge in [-0.1, -0.05) is 54.2 Å². The first-order valence-corrected chi connectivity index (χ1v) is 7.49. The minimum Gasteiger partial charge on any atom is -0.385 e. The quantitative estimate of drug-likeness (QED) is 0.720. The smallest absolute Gasteiger partial charge is 0.166 e. The molecule has 102 valence electrons. The topological polar surface area (TPSA) is 48.9 Å². The summed E-state index contributed by atoms with van der Waals surface area (Å²) in [5, 5.41) is 11.4. The number of hydrogen-bond donors (Lipinski definition) is 2. The number of H-pyrrole nitrogens is 1. The number of fused-ring (bicyclic) bond motifs is 1. The highest BCUT2D eigenvalue weighted by molar-refractivity contribution is 7.99. The molecule has 3 nitrogen and oxygen atoms in total. The second-order valence-electron chi connectivity index (χ2n) is 4.99. The van der Waals surface area contributed by atoms with Gasteiger partial charge in [-0.3, -0.25) is 0 Å². The zero-order chi connectivity index (χ0) is 14.0. The maximum Gasteiger partial charge on any atom is 0.166 e. The molecule has 1 aromatic heterocycles. The molecule has 0 spiro atoms. The monoisotopic (exact) mass is 284 g/mol. The average Bonchev–Trinajstić information content (AvgIpc) is 2.89. The van der Waals surface area contributed by atoms with Gasteiger partial charge in [-0.05, 0) is 24.6 Å². The average molecular weight is 284 g/mol. The summed E-state index contributed by atoms with van der Waals surface area (Å²) in [7, 11) is 0. The molecule has 3 aromatic rings. The summed E-state index contributed by atoms with van der Waals surface area (Å²) in [4.78, 5) is 7.77. The van der Waals surface area contributed by atoms with Crippen molar-refractivity contribution in [3.05, 3.63) is 60.2 Å². The van der Waals surface area contributed by atoms with Crippen LogP contribution in [0, 0.1) is 0 Å². The molecule has 2 N–H and O–H groups in total. The molecule has 4 heteroatoms. The second-order valence-corrected chi connectivity index (χ2v) is 5.95. The maximum atomic E-state index is 10.6. The van der Waals surface area contributed by atoms with Crippen molar-refractivity contribution in [3.8, 4) is 0 Å². The third kappa shape index (κ3) is 2.71. The predicted octanol–water partition coefficient (Wildman–Crippen LogP) is 3.56. The first kappa shape index (κ1) is 13.2. The van der Waals surface area contributed by atoms with Crippen LogP contribution in [0.25, 0.3) is 11.0 Å². The van der Waals surface area contributed by atoms with Gasteiger partial charge in [0.1, 0.15) is 0 Å². The van der Waals surface area contributed by atoms with Gasteiger partial charge in [0.05, 0.1) is 16.6 Å². The largest absolute Gasteiger partial charge is 0.385 e. The maximum absolute atomic E-state index is 10.6. The van der Waals surface area contributed by atoms with Gasteiger partial charge in [-0.2, -0.15) is 0 Å². The zero-order valence-electron chi connectivity index (χ0n) is 11.2. The van der Waals surface area contributed by atoms with Crippen LogP contribution in [0.2, 0.25) is 0 Å². The minimum atomic E-state index is -0.870. The second kappa shape index (κ2) is 5.31. The van der Waals surface area contributed by atoms with Crippen LogP contribution in [0.1, 0.15) is 12.5 Å². The lowest BCUT2D eigenvalue weighted by Gasteiger charge is -2.22. The van der Waals surface area contributed by atoms with E-state index < -0.39 is 5.60 Å². The molecule has 0 saturated carbocycles. The number of nitrogens with zero attached hydrogens (tertiary/aromatic N) is 1. The Kier molecular flexibility index (Phi) is 3.51. The number of hydrogen-bond acceptors (Lipinski definition) is 3. The summed E-state index contributed by atoms with van der Waals surface area (Å²) in [6.07, 6.45) is 0. The van der Waals surface area contributed by atoms with Crippen LogP contribution in [0.15, 0.2) is 59.8 Å². The van der Waals surface area contributed by atoms with E-state index in [1.54, 1.807) is 0 Å². The number of aliphatic hydroxyl groups is 1. The Morgan fingerprint density at radius 2 is 1.80 bits per heavy atom. The first-order chi connectivity index (χ1) is 9.65. The predicted molar refractivity (Wildman–Crippen MR) is 82.8 cm³/mol. The van der Waals surface area contributed by atoms with E-state index in [0.29, 0.717) is 5.75 Å². The van der Waals surface area contributed by atoms with Gasteiger partial charge in [-0.25, -0.2) is 4.98 Å². The molecule has 0 radical (unpaired) electrons. The Morgan fingerprint density at radius 3 is 2.55 bits per heavy atom.